The molecular weight excluding hydrogens is 947 g/mol. The summed E-state index contributed by atoms with van der Waals surface area (Å²) < 4.78 is 33.4. The summed E-state index contributed by atoms with van der Waals surface area (Å²) in [6, 6.07) is 4.84. The SMILES string of the molecule is CC(=O)N1CC[C@H]2CC[C@@H](C(=O)N[C@@H](CCC(N)=O)COc3cccc(CCCC(=O)N[C@H](C(=O)N4C[C@H](O)C[C@H]4C)C(C)(C)C)c3F)N2C(=O)[C@@H](NC(=O)c2cc3cc(C(=O)P(=O)(O)O)ccc3[nH]2)C1. The van der Waals surface area contributed by atoms with E-state index >= 15 is 4.39 Å². The van der Waals surface area contributed by atoms with E-state index in [1.165, 1.54) is 47.1 Å². The molecule has 0 unspecified atom stereocenters. The number of aryl methyl sites for hydroxylation is 1. The summed E-state index contributed by atoms with van der Waals surface area (Å²) in [4.78, 5) is 132. The Morgan fingerprint density at radius 3 is 2.38 bits per heavy atom. The predicted octanol–water partition coefficient (Wildman–Crippen LogP) is 2.00. The zero-order valence-corrected chi connectivity index (χ0v) is 41.3. The highest BCUT2D eigenvalue weighted by molar-refractivity contribution is 7.70. The molecule has 1 aromatic heterocycles. The van der Waals surface area contributed by atoms with E-state index in [-0.39, 0.29) is 116 Å². The molecule has 0 spiro atoms. The van der Waals surface area contributed by atoms with E-state index in [4.69, 9.17) is 10.5 Å². The topological polar surface area (TPSA) is 311 Å². The van der Waals surface area contributed by atoms with E-state index in [1.807, 2.05) is 27.7 Å². The van der Waals surface area contributed by atoms with Crippen LogP contribution in [0.4, 0.5) is 4.39 Å². The Bertz CT molecular complexity index is 2600. The van der Waals surface area contributed by atoms with Crippen molar-refractivity contribution in [3.05, 3.63) is 65.1 Å². The number of carbonyl (C=O) groups is 8. The van der Waals surface area contributed by atoms with Crippen LogP contribution in [-0.4, -0.2) is 150 Å². The first-order valence-electron chi connectivity index (χ1n) is 23.7. The number of H-pyrrole nitrogens is 1. The zero-order chi connectivity index (χ0) is 52.1. The van der Waals surface area contributed by atoms with Crippen LogP contribution < -0.4 is 26.4 Å². The minimum absolute atomic E-state index is 0.00260. The van der Waals surface area contributed by atoms with Crippen molar-refractivity contribution in [1.82, 2.24) is 35.6 Å². The lowest BCUT2D eigenvalue weighted by Crippen LogP contribution is -2.61. The Morgan fingerprint density at radius 2 is 1.73 bits per heavy atom. The summed E-state index contributed by atoms with van der Waals surface area (Å²) in [6.07, 6.45) is 0.964. The number of β-amino-alcohol motifs (C(OH)–C–C–N with tert-alkyl or cyclic N) is 1. The molecule has 6 rings (SSSR count). The normalized spacial score (nSPS) is 21.5. The van der Waals surface area contributed by atoms with E-state index in [1.54, 1.807) is 17.0 Å². The number of nitrogens with one attached hydrogen (secondary N) is 4. The van der Waals surface area contributed by atoms with Gasteiger partial charge in [-0.3, -0.25) is 42.9 Å². The molecule has 0 aliphatic carbocycles. The summed E-state index contributed by atoms with van der Waals surface area (Å²) in [5.74, 6) is -4.53. The van der Waals surface area contributed by atoms with Crippen LogP contribution in [0.25, 0.3) is 10.9 Å². The number of primary amides is 1. The largest absolute Gasteiger partial charge is 0.488 e. The second-order valence-electron chi connectivity index (χ2n) is 19.8. The molecule has 0 bridgehead atoms. The smallest absolute Gasteiger partial charge is 0.396 e. The molecule has 7 amide bonds. The Labute approximate surface area is 409 Å². The number of rotatable bonds is 18. The van der Waals surface area contributed by atoms with Gasteiger partial charge in [0.25, 0.3) is 11.4 Å². The fraction of sp³-hybridized carbons (Fsp3) is 0.542. The highest BCUT2D eigenvalue weighted by atomic mass is 31.2. The minimum atomic E-state index is -5.09. The van der Waals surface area contributed by atoms with E-state index < -0.39 is 84.3 Å². The first-order valence-corrected chi connectivity index (χ1v) is 25.3. The van der Waals surface area contributed by atoms with Crippen molar-refractivity contribution >= 4 is 65.4 Å². The van der Waals surface area contributed by atoms with Crippen LogP contribution >= 0.6 is 7.60 Å². The number of aromatic amines is 1. The van der Waals surface area contributed by atoms with Gasteiger partial charge in [-0.05, 0) is 93.2 Å². The van der Waals surface area contributed by atoms with Crippen LogP contribution in [0.5, 0.6) is 5.75 Å². The zero-order valence-electron chi connectivity index (χ0n) is 40.4. The molecule has 3 aliphatic heterocycles. The lowest BCUT2D eigenvalue weighted by atomic mass is 9.85. The maximum Gasteiger partial charge on any atom is 0.396 e. The fourth-order valence-corrected chi connectivity index (χ4v) is 9.95. The third-order valence-corrected chi connectivity index (χ3v) is 14.1. The molecule has 7 atom stereocenters. The van der Waals surface area contributed by atoms with Crippen molar-refractivity contribution in [2.75, 3.05) is 26.2 Å². The van der Waals surface area contributed by atoms with Gasteiger partial charge in [0.05, 0.1) is 12.1 Å². The van der Waals surface area contributed by atoms with Gasteiger partial charge in [-0.15, -0.1) is 0 Å². The Morgan fingerprint density at radius 1 is 1.00 bits per heavy atom. The molecule has 386 valence electrons. The van der Waals surface area contributed by atoms with Crippen LogP contribution in [0.2, 0.25) is 0 Å². The van der Waals surface area contributed by atoms with Crippen LogP contribution in [0.1, 0.15) is 112 Å². The molecule has 23 heteroatoms. The average Bonchev–Trinajstić information content (AvgIpc) is 4.01. The van der Waals surface area contributed by atoms with Crippen LogP contribution in [0, 0.1) is 11.2 Å². The molecule has 0 saturated carbocycles. The highest BCUT2D eigenvalue weighted by Gasteiger charge is 2.46. The standard InChI is InChI=1S/C48H64FN8O13P/c1-26-20-33(59)23-56(26)46(65)42(48(3,4)5)54-40(61)11-7-9-28-8-6-10-38(41(28)49)70-25-31(13-17-39(50)60)51-44(63)37-16-14-32-18-19-55(27(2)58)24-36(45(64)57(32)37)53-43(62)35-22-30-21-29(12-15-34(30)52-35)47(66)71(67,68)69/h6,8,10,12,15,21-22,26,31-33,36-37,42,52,59H,7,9,11,13-14,16-20,23-25H2,1-5H3,(H2,50,60)(H,51,63)(H,53,62)(H,54,61)(H2,67,68,69)/t26-,31+,32-,33-,36+,37+,42-/m1/s1. The molecule has 0 radical (unpaired) electrons. The summed E-state index contributed by atoms with van der Waals surface area (Å²) >= 11 is 0. The number of aromatic nitrogens is 1. The Balaban J connectivity index is 1.10. The third kappa shape index (κ3) is 13.4. The lowest BCUT2D eigenvalue weighted by molar-refractivity contribution is -0.145. The summed E-state index contributed by atoms with van der Waals surface area (Å²) in [6.45, 7) is 8.57. The first-order chi connectivity index (χ1) is 33.3. The van der Waals surface area contributed by atoms with Crippen LogP contribution in [-0.2, 0) is 39.8 Å². The molecule has 4 heterocycles. The van der Waals surface area contributed by atoms with Crippen molar-refractivity contribution in [2.24, 2.45) is 11.1 Å². The number of aliphatic hydroxyl groups is 1. The molecule has 3 fully saturated rings. The molecular formula is C48H64FN8O13P. The van der Waals surface area contributed by atoms with Gasteiger partial charge in [-0.1, -0.05) is 32.9 Å². The monoisotopic (exact) mass is 1010 g/mol. The van der Waals surface area contributed by atoms with Crippen LogP contribution in [0.15, 0.2) is 42.5 Å². The van der Waals surface area contributed by atoms with Gasteiger partial charge in [0.2, 0.25) is 35.4 Å². The summed E-state index contributed by atoms with van der Waals surface area (Å²) in [5.41, 5.74) is 3.71. The van der Waals surface area contributed by atoms with Gasteiger partial charge in [0, 0.05) is 67.9 Å². The van der Waals surface area contributed by atoms with Crippen molar-refractivity contribution in [2.45, 2.75) is 135 Å². The van der Waals surface area contributed by atoms with Crippen LogP contribution in [0.3, 0.4) is 0 Å². The maximum absolute atomic E-state index is 15.9. The molecule has 3 aromatic rings. The van der Waals surface area contributed by atoms with Crippen molar-refractivity contribution in [3.8, 4) is 5.75 Å². The Kier molecular flexibility index (Phi) is 17.1. The van der Waals surface area contributed by atoms with E-state index in [9.17, 15) is 57.8 Å². The summed E-state index contributed by atoms with van der Waals surface area (Å²) in [7, 11) is -5.09. The Hall–Kier alpha value is -6.22. The molecule has 21 nitrogen and oxygen atoms in total. The van der Waals surface area contributed by atoms with Crippen molar-refractivity contribution < 1.29 is 66.9 Å². The van der Waals surface area contributed by atoms with Gasteiger partial charge < -0.3 is 61.0 Å². The summed E-state index contributed by atoms with van der Waals surface area (Å²) in [5, 5.41) is 18.8. The molecule has 2 aromatic carbocycles. The molecule has 3 saturated heterocycles. The number of aliphatic hydroxyl groups excluding tert-OH is 1. The molecule has 9 N–H and O–H groups in total. The molecule has 3 aliphatic rings. The number of amides is 7. The first kappa shape index (κ1) is 54.1. The molecule has 71 heavy (non-hydrogen) atoms. The quantitative estimate of drug-likeness (QED) is 0.0847. The van der Waals surface area contributed by atoms with Gasteiger partial charge in [-0.2, -0.15) is 0 Å². The maximum atomic E-state index is 15.9. The van der Waals surface area contributed by atoms with Gasteiger partial charge in [0.1, 0.15) is 30.4 Å². The number of likely N-dealkylation sites (tertiary alicyclic amines) is 1. The number of benzene rings is 2. The lowest BCUT2D eigenvalue weighted by Gasteiger charge is -2.38. The highest BCUT2D eigenvalue weighted by Crippen LogP contribution is 2.39. The van der Waals surface area contributed by atoms with E-state index in [0.717, 1.165) is 0 Å². The fourth-order valence-electron chi connectivity index (χ4n) is 9.48. The van der Waals surface area contributed by atoms with Gasteiger partial charge in [0.15, 0.2) is 11.6 Å². The number of fused-ring (bicyclic) bond motifs is 2. The number of hydrogen-bond acceptors (Lipinski definition) is 11. The van der Waals surface area contributed by atoms with Gasteiger partial charge in [-0.25, -0.2) is 4.39 Å². The van der Waals surface area contributed by atoms with Crippen molar-refractivity contribution in [1.29, 1.82) is 0 Å². The minimum Gasteiger partial charge on any atom is -0.488 e. The number of nitrogens with zero attached hydrogens (tertiary/aromatic N) is 3. The number of hydrogen-bond donors (Lipinski definition) is 8. The number of nitrogens with two attached hydrogens (primary N) is 1. The number of carbonyl (C=O) groups excluding carboxylic acids is 8. The predicted molar refractivity (Wildman–Crippen MR) is 255 cm³/mol. The number of halogens is 1. The van der Waals surface area contributed by atoms with E-state index in [2.05, 4.69) is 20.9 Å². The second kappa shape index (κ2) is 22.5. The average molecular weight is 1010 g/mol. The van der Waals surface area contributed by atoms with E-state index in [0.29, 0.717) is 24.8 Å². The third-order valence-electron chi connectivity index (χ3n) is 13.3. The van der Waals surface area contributed by atoms with Crippen molar-refractivity contribution in [3.63, 3.8) is 0 Å². The second-order valence-corrected chi connectivity index (χ2v) is 21.3. The number of ether oxygens (including phenoxy) is 1. The van der Waals surface area contributed by atoms with Gasteiger partial charge >= 0.3 is 7.60 Å².